The van der Waals surface area contributed by atoms with E-state index in [9.17, 15) is 9.59 Å². The number of carboxylic acid groups (broad SMARTS) is 1. The summed E-state index contributed by atoms with van der Waals surface area (Å²) in [6.07, 6.45) is 1.18. The van der Waals surface area contributed by atoms with Gasteiger partial charge in [-0.2, -0.15) is 0 Å². The lowest BCUT2D eigenvalue weighted by molar-refractivity contribution is -0.114. The molecule has 0 spiro atoms. The molecule has 5 nitrogen and oxygen atoms in total. The zero-order valence-corrected chi connectivity index (χ0v) is 8.00. The van der Waals surface area contributed by atoms with Gasteiger partial charge in [-0.25, -0.2) is 9.78 Å². The van der Waals surface area contributed by atoms with Gasteiger partial charge in [0.25, 0.3) is 0 Å². The van der Waals surface area contributed by atoms with Crippen molar-refractivity contribution >= 4 is 29.2 Å². The van der Waals surface area contributed by atoms with Gasteiger partial charge in [-0.05, 0) is 6.07 Å². The summed E-state index contributed by atoms with van der Waals surface area (Å²) < 4.78 is 0. The number of pyridine rings is 1. The van der Waals surface area contributed by atoms with Gasteiger partial charge in [-0.1, -0.05) is 11.6 Å². The molecule has 0 saturated carbocycles. The second-order valence-corrected chi connectivity index (χ2v) is 2.94. The third-order valence-corrected chi connectivity index (χ3v) is 1.69. The molecule has 2 N–H and O–H groups in total. The topological polar surface area (TPSA) is 79.3 Å². The Morgan fingerprint density at radius 2 is 2.21 bits per heavy atom. The molecule has 0 aliphatic carbocycles. The highest BCUT2D eigenvalue weighted by Gasteiger charge is 2.09. The van der Waals surface area contributed by atoms with Crippen LogP contribution in [-0.2, 0) is 4.79 Å². The Morgan fingerprint density at radius 3 is 2.71 bits per heavy atom. The first-order valence-electron chi connectivity index (χ1n) is 3.67. The number of carbonyl (C=O) groups excluding carboxylic acids is 1. The first-order chi connectivity index (χ1) is 6.50. The number of aromatic carboxylic acids is 1. The number of hydrogen-bond donors (Lipinski definition) is 2. The van der Waals surface area contributed by atoms with E-state index in [1.165, 1.54) is 19.2 Å². The minimum absolute atomic E-state index is 0.168. The van der Waals surface area contributed by atoms with Gasteiger partial charge < -0.3 is 10.4 Å². The van der Waals surface area contributed by atoms with E-state index >= 15 is 0 Å². The Morgan fingerprint density at radius 1 is 1.57 bits per heavy atom. The van der Waals surface area contributed by atoms with Crippen molar-refractivity contribution in [3.63, 3.8) is 0 Å². The Bertz CT molecular complexity index is 392. The molecule has 0 aliphatic heterocycles. The molecule has 14 heavy (non-hydrogen) atoms. The summed E-state index contributed by atoms with van der Waals surface area (Å²) in [6, 6.07) is 1.20. The molecule has 0 bridgehead atoms. The Hall–Kier alpha value is -1.62. The number of amides is 1. The van der Waals surface area contributed by atoms with Gasteiger partial charge in [-0.15, -0.1) is 0 Å². The summed E-state index contributed by atoms with van der Waals surface area (Å²) in [5, 5.41) is 11.2. The summed E-state index contributed by atoms with van der Waals surface area (Å²) >= 11 is 5.67. The molecule has 1 aromatic rings. The van der Waals surface area contributed by atoms with Crippen LogP contribution in [0.15, 0.2) is 12.3 Å². The molecule has 0 aliphatic rings. The van der Waals surface area contributed by atoms with E-state index in [1.807, 2.05) is 0 Å². The first kappa shape index (κ1) is 10.5. The van der Waals surface area contributed by atoms with Crippen molar-refractivity contribution in [3.8, 4) is 0 Å². The van der Waals surface area contributed by atoms with Gasteiger partial charge in [0.1, 0.15) is 5.69 Å². The van der Waals surface area contributed by atoms with Crippen LogP contribution in [0, 0.1) is 0 Å². The monoisotopic (exact) mass is 214 g/mol. The van der Waals surface area contributed by atoms with E-state index in [0.717, 1.165) is 0 Å². The minimum Gasteiger partial charge on any atom is -0.477 e. The number of nitrogens with one attached hydrogen (secondary N) is 1. The molecule has 0 saturated heterocycles. The molecular weight excluding hydrogens is 208 g/mol. The van der Waals surface area contributed by atoms with Crippen LogP contribution < -0.4 is 5.32 Å². The van der Waals surface area contributed by atoms with Crippen LogP contribution in [0.25, 0.3) is 0 Å². The van der Waals surface area contributed by atoms with Gasteiger partial charge in [0.15, 0.2) is 0 Å². The third kappa shape index (κ3) is 2.43. The highest BCUT2D eigenvalue weighted by atomic mass is 35.5. The Labute approximate surface area is 84.7 Å². The number of anilines is 1. The predicted molar refractivity (Wildman–Crippen MR) is 50.5 cm³/mol. The smallest absolute Gasteiger partial charge is 0.354 e. The standard InChI is InChI=1S/C8H7ClN2O3/c1-4(12)11-6-2-7(8(13)14)10-3-5(6)9/h2-3H,1H3,(H,13,14)(H,10,11,12). The van der Waals surface area contributed by atoms with Crippen LogP contribution in [0.2, 0.25) is 5.02 Å². The maximum atomic E-state index is 10.7. The molecule has 6 heteroatoms. The summed E-state index contributed by atoms with van der Waals surface area (Å²) in [5.41, 5.74) is 0.0738. The van der Waals surface area contributed by atoms with Crippen molar-refractivity contribution in [1.82, 2.24) is 4.98 Å². The fourth-order valence-electron chi connectivity index (χ4n) is 0.841. The first-order valence-corrected chi connectivity index (χ1v) is 4.05. The van der Waals surface area contributed by atoms with Crippen LogP contribution >= 0.6 is 11.6 Å². The minimum atomic E-state index is -1.17. The SMILES string of the molecule is CC(=O)Nc1cc(C(=O)O)ncc1Cl. The average molecular weight is 215 g/mol. The number of halogens is 1. The molecule has 1 rings (SSSR count). The number of rotatable bonds is 2. The maximum absolute atomic E-state index is 10.7. The fourth-order valence-corrected chi connectivity index (χ4v) is 0.992. The third-order valence-electron chi connectivity index (χ3n) is 1.39. The molecule has 0 radical (unpaired) electrons. The van der Waals surface area contributed by atoms with Gasteiger partial charge in [-0.3, -0.25) is 4.79 Å². The molecule has 0 atom stereocenters. The maximum Gasteiger partial charge on any atom is 0.354 e. The highest BCUT2D eigenvalue weighted by molar-refractivity contribution is 6.33. The quantitative estimate of drug-likeness (QED) is 0.780. The van der Waals surface area contributed by atoms with Crippen LogP contribution in [-0.4, -0.2) is 22.0 Å². The summed E-state index contributed by atoms with van der Waals surface area (Å²) in [5.74, 6) is -1.50. The Balaban J connectivity index is 3.08. The van der Waals surface area contributed by atoms with Crippen LogP contribution in [0.5, 0.6) is 0 Å². The fraction of sp³-hybridized carbons (Fsp3) is 0.125. The van der Waals surface area contributed by atoms with Crippen molar-refractivity contribution in [2.45, 2.75) is 6.92 Å². The molecule has 0 unspecified atom stereocenters. The van der Waals surface area contributed by atoms with E-state index in [4.69, 9.17) is 16.7 Å². The summed E-state index contributed by atoms with van der Waals surface area (Å²) in [7, 11) is 0. The molecule has 1 heterocycles. The summed E-state index contributed by atoms with van der Waals surface area (Å²) in [4.78, 5) is 24.8. The number of nitrogens with zero attached hydrogens (tertiary/aromatic N) is 1. The van der Waals surface area contributed by atoms with Crippen LogP contribution in [0.1, 0.15) is 17.4 Å². The molecule has 1 amide bonds. The van der Waals surface area contributed by atoms with Crippen molar-refractivity contribution in [3.05, 3.63) is 23.0 Å². The molecule has 0 aromatic carbocycles. The number of carbonyl (C=O) groups is 2. The van der Waals surface area contributed by atoms with Crippen molar-refractivity contribution in [2.75, 3.05) is 5.32 Å². The zero-order valence-electron chi connectivity index (χ0n) is 7.24. The van der Waals surface area contributed by atoms with Gasteiger partial charge in [0, 0.05) is 13.1 Å². The van der Waals surface area contributed by atoms with Gasteiger partial charge in [0.2, 0.25) is 5.91 Å². The molecule has 0 fully saturated rings. The molecule has 1 aromatic heterocycles. The predicted octanol–water partition coefficient (Wildman–Crippen LogP) is 1.39. The lowest BCUT2D eigenvalue weighted by Gasteiger charge is -2.04. The lowest BCUT2D eigenvalue weighted by atomic mass is 10.3. The second kappa shape index (κ2) is 4.06. The van der Waals surface area contributed by atoms with Gasteiger partial charge in [0.05, 0.1) is 10.7 Å². The largest absolute Gasteiger partial charge is 0.477 e. The lowest BCUT2D eigenvalue weighted by Crippen LogP contribution is -2.08. The van der Waals surface area contributed by atoms with Crippen LogP contribution in [0.3, 0.4) is 0 Å². The van der Waals surface area contributed by atoms with Gasteiger partial charge >= 0.3 is 5.97 Å². The van der Waals surface area contributed by atoms with Crippen molar-refractivity contribution in [2.24, 2.45) is 0 Å². The van der Waals surface area contributed by atoms with E-state index < -0.39 is 5.97 Å². The van der Waals surface area contributed by atoms with Crippen LogP contribution in [0.4, 0.5) is 5.69 Å². The number of carboxylic acids is 1. The van der Waals surface area contributed by atoms with Crippen molar-refractivity contribution < 1.29 is 14.7 Å². The van der Waals surface area contributed by atoms with E-state index in [2.05, 4.69) is 10.3 Å². The Kier molecular flexibility index (Phi) is 3.03. The molecule has 74 valence electrons. The summed E-state index contributed by atoms with van der Waals surface area (Å²) in [6.45, 7) is 1.30. The number of aromatic nitrogens is 1. The normalized spacial score (nSPS) is 9.57. The second-order valence-electron chi connectivity index (χ2n) is 2.54. The number of hydrogen-bond acceptors (Lipinski definition) is 3. The zero-order chi connectivity index (χ0) is 10.7. The molecular formula is C8H7ClN2O3. The highest BCUT2D eigenvalue weighted by Crippen LogP contribution is 2.20. The van der Waals surface area contributed by atoms with Crippen molar-refractivity contribution in [1.29, 1.82) is 0 Å². The average Bonchev–Trinajstić information content (AvgIpc) is 2.07. The van der Waals surface area contributed by atoms with E-state index in [-0.39, 0.29) is 22.3 Å². The van der Waals surface area contributed by atoms with E-state index in [1.54, 1.807) is 0 Å². The van der Waals surface area contributed by atoms with E-state index in [0.29, 0.717) is 0 Å².